The van der Waals surface area contributed by atoms with E-state index in [9.17, 15) is 17.2 Å². The van der Waals surface area contributed by atoms with Gasteiger partial charge in [-0.05, 0) is 23.8 Å². The van der Waals surface area contributed by atoms with Crippen LogP contribution in [0.2, 0.25) is 0 Å². The molecule has 1 aliphatic heterocycles. The number of nitrogens with zero attached hydrogens (tertiary/aromatic N) is 1. The maximum atomic E-state index is 12.7. The Hall–Kier alpha value is -2.35. The molecule has 0 saturated heterocycles. The Kier molecular flexibility index (Phi) is 8.68. The second-order valence-corrected chi connectivity index (χ2v) is 8.40. The van der Waals surface area contributed by atoms with Gasteiger partial charge in [0.15, 0.2) is 27.3 Å². The van der Waals surface area contributed by atoms with E-state index < -0.39 is 16.4 Å². The van der Waals surface area contributed by atoms with Crippen LogP contribution < -0.4 is 24.8 Å². The van der Waals surface area contributed by atoms with Gasteiger partial charge >= 0.3 is 6.61 Å². The van der Waals surface area contributed by atoms with Crippen molar-refractivity contribution >= 4 is 39.8 Å². The average Bonchev–Trinajstić information content (AvgIpc) is 3.14. The van der Waals surface area contributed by atoms with Crippen LogP contribution in [0.1, 0.15) is 11.1 Å². The average molecular weight is 569 g/mol. The molecule has 31 heavy (non-hydrogen) atoms. The van der Waals surface area contributed by atoms with Crippen LogP contribution >= 0.6 is 24.0 Å². The van der Waals surface area contributed by atoms with Gasteiger partial charge in [-0.25, -0.2) is 8.42 Å². The van der Waals surface area contributed by atoms with Crippen molar-refractivity contribution in [2.45, 2.75) is 24.6 Å². The zero-order valence-corrected chi connectivity index (χ0v) is 19.9. The number of hydrogen-bond donors (Lipinski definition) is 2. The standard InChI is InChI=1S/C19H21F2N3O5S.HI/c1-22-19(23-9-12-3-5-14(6-4-12)30(2,25)26)24-10-13-7-16-17(28-11-27-16)8-15(13)29-18(20)21;/h3-8,18H,9-11H2,1-2H3,(H2,22,23,24);1H. The van der Waals surface area contributed by atoms with Crippen molar-refractivity contribution in [2.75, 3.05) is 20.1 Å². The number of fused-ring (bicyclic) bond motifs is 1. The van der Waals surface area contributed by atoms with Gasteiger partial charge in [0, 0.05) is 38.0 Å². The van der Waals surface area contributed by atoms with E-state index in [1.54, 1.807) is 25.2 Å². The summed E-state index contributed by atoms with van der Waals surface area (Å²) in [5.41, 5.74) is 1.29. The zero-order chi connectivity index (χ0) is 21.7. The van der Waals surface area contributed by atoms with Crippen molar-refractivity contribution < 1.29 is 31.4 Å². The number of alkyl halides is 2. The minimum Gasteiger partial charge on any atom is -0.454 e. The first-order chi connectivity index (χ1) is 14.3. The van der Waals surface area contributed by atoms with Gasteiger partial charge in [0.2, 0.25) is 6.79 Å². The van der Waals surface area contributed by atoms with Crippen LogP contribution in [0.4, 0.5) is 8.78 Å². The van der Waals surface area contributed by atoms with E-state index in [0.29, 0.717) is 29.6 Å². The Morgan fingerprint density at radius 1 is 1.13 bits per heavy atom. The molecule has 0 amide bonds. The molecule has 0 saturated carbocycles. The number of halogens is 3. The summed E-state index contributed by atoms with van der Waals surface area (Å²) in [7, 11) is -1.69. The highest BCUT2D eigenvalue weighted by molar-refractivity contribution is 14.0. The zero-order valence-electron chi connectivity index (χ0n) is 16.7. The monoisotopic (exact) mass is 569 g/mol. The van der Waals surface area contributed by atoms with Gasteiger partial charge < -0.3 is 24.8 Å². The fourth-order valence-corrected chi connectivity index (χ4v) is 3.38. The topological polar surface area (TPSA) is 98.3 Å². The highest BCUT2D eigenvalue weighted by Crippen LogP contribution is 2.38. The van der Waals surface area contributed by atoms with Crippen molar-refractivity contribution in [1.82, 2.24) is 10.6 Å². The summed E-state index contributed by atoms with van der Waals surface area (Å²) in [6, 6.07) is 9.40. The van der Waals surface area contributed by atoms with Crippen LogP contribution in [0.25, 0.3) is 0 Å². The Morgan fingerprint density at radius 3 is 2.32 bits per heavy atom. The molecule has 2 aromatic rings. The van der Waals surface area contributed by atoms with Crippen LogP contribution in [0.15, 0.2) is 46.3 Å². The molecule has 2 aromatic carbocycles. The van der Waals surface area contributed by atoms with Gasteiger partial charge in [0.25, 0.3) is 0 Å². The Morgan fingerprint density at radius 2 is 1.74 bits per heavy atom. The molecule has 1 aliphatic rings. The number of hydrogen-bond acceptors (Lipinski definition) is 6. The predicted molar refractivity (Wildman–Crippen MR) is 121 cm³/mol. The van der Waals surface area contributed by atoms with Crippen molar-refractivity contribution in [2.24, 2.45) is 4.99 Å². The normalized spacial score (nSPS) is 13.0. The fourth-order valence-electron chi connectivity index (χ4n) is 2.75. The second kappa shape index (κ2) is 10.8. The minimum absolute atomic E-state index is 0. The maximum absolute atomic E-state index is 12.7. The first-order valence-electron chi connectivity index (χ1n) is 8.87. The molecular weight excluding hydrogens is 547 g/mol. The quantitative estimate of drug-likeness (QED) is 0.301. The molecule has 0 aliphatic carbocycles. The van der Waals surface area contributed by atoms with E-state index >= 15 is 0 Å². The van der Waals surface area contributed by atoms with E-state index in [1.165, 1.54) is 18.2 Å². The first kappa shape index (κ1) is 24.9. The molecule has 0 unspecified atom stereocenters. The summed E-state index contributed by atoms with van der Waals surface area (Å²) in [6.45, 7) is -2.44. The highest BCUT2D eigenvalue weighted by atomic mass is 127. The van der Waals surface area contributed by atoms with E-state index in [4.69, 9.17) is 9.47 Å². The molecular formula is C19H22F2IN3O5S. The minimum atomic E-state index is -3.25. The summed E-state index contributed by atoms with van der Waals surface area (Å²) in [6.07, 6.45) is 1.15. The summed E-state index contributed by atoms with van der Waals surface area (Å²) < 4.78 is 63.6. The van der Waals surface area contributed by atoms with Gasteiger partial charge in [-0.1, -0.05) is 12.1 Å². The van der Waals surface area contributed by atoms with Crippen LogP contribution in [0.5, 0.6) is 17.2 Å². The first-order valence-corrected chi connectivity index (χ1v) is 10.8. The number of benzene rings is 2. The van der Waals surface area contributed by atoms with Crippen LogP contribution in [-0.2, 0) is 22.9 Å². The molecule has 170 valence electrons. The van der Waals surface area contributed by atoms with Gasteiger partial charge in [-0.15, -0.1) is 24.0 Å². The molecule has 8 nitrogen and oxygen atoms in total. The maximum Gasteiger partial charge on any atom is 0.387 e. The third kappa shape index (κ3) is 6.82. The third-order valence-electron chi connectivity index (χ3n) is 4.25. The number of sulfone groups is 1. The molecule has 0 bridgehead atoms. The smallest absolute Gasteiger partial charge is 0.387 e. The van der Waals surface area contributed by atoms with E-state index in [2.05, 4.69) is 20.4 Å². The van der Waals surface area contributed by atoms with Crippen LogP contribution in [0, 0.1) is 0 Å². The summed E-state index contributed by atoms with van der Waals surface area (Å²) in [5, 5.41) is 6.09. The highest BCUT2D eigenvalue weighted by Gasteiger charge is 2.20. The molecule has 12 heteroatoms. The van der Waals surface area contributed by atoms with Gasteiger partial charge in [0.05, 0.1) is 4.90 Å². The Balaban J connectivity index is 0.00000341. The molecule has 0 atom stereocenters. The van der Waals surface area contributed by atoms with Gasteiger partial charge in [-0.2, -0.15) is 8.78 Å². The number of ether oxygens (including phenoxy) is 3. The van der Waals surface area contributed by atoms with Gasteiger partial charge in [0.1, 0.15) is 5.75 Å². The van der Waals surface area contributed by atoms with Crippen LogP contribution in [-0.4, -0.2) is 41.1 Å². The van der Waals surface area contributed by atoms with E-state index in [-0.39, 0.29) is 48.0 Å². The lowest BCUT2D eigenvalue weighted by Gasteiger charge is -2.15. The number of nitrogens with one attached hydrogen (secondary N) is 2. The summed E-state index contributed by atoms with van der Waals surface area (Å²) in [4.78, 5) is 4.33. The molecule has 0 aromatic heterocycles. The number of rotatable bonds is 7. The molecule has 1 heterocycles. The molecule has 0 spiro atoms. The van der Waals surface area contributed by atoms with Gasteiger partial charge in [-0.3, -0.25) is 4.99 Å². The SMILES string of the molecule is CN=C(NCc1ccc(S(C)(=O)=O)cc1)NCc1cc2c(cc1OC(F)F)OCO2.I. The fraction of sp³-hybridized carbons (Fsp3) is 0.316. The lowest BCUT2D eigenvalue weighted by molar-refractivity contribution is -0.0505. The largest absolute Gasteiger partial charge is 0.454 e. The van der Waals surface area contributed by atoms with Crippen molar-refractivity contribution in [3.63, 3.8) is 0 Å². The number of aliphatic imine (C=N–C) groups is 1. The molecule has 3 rings (SSSR count). The number of guanidine groups is 1. The Bertz CT molecular complexity index is 1030. The second-order valence-electron chi connectivity index (χ2n) is 6.39. The van der Waals surface area contributed by atoms with Crippen molar-refractivity contribution in [3.8, 4) is 17.2 Å². The lowest BCUT2D eigenvalue weighted by atomic mass is 10.1. The van der Waals surface area contributed by atoms with E-state index in [1.807, 2.05) is 0 Å². The molecule has 0 fully saturated rings. The summed E-state index contributed by atoms with van der Waals surface area (Å²) in [5.74, 6) is 1.19. The Labute approximate surface area is 195 Å². The molecule has 2 N–H and O–H groups in total. The van der Waals surface area contributed by atoms with Crippen LogP contribution in [0.3, 0.4) is 0 Å². The third-order valence-corrected chi connectivity index (χ3v) is 5.38. The van der Waals surface area contributed by atoms with Crippen molar-refractivity contribution in [1.29, 1.82) is 0 Å². The lowest BCUT2D eigenvalue weighted by Crippen LogP contribution is -2.36. The summed E-state index contributed by atoms with van der Waals surface area (Å²) >= 11 is 0. The predicted octanol–water partition coefficient (Wildman–Crippen LogP) is 2.90. The van der Waals surface area contributed by atoms with Crippen molar-refractivity contribution in [3.05, 3.63) is 47.5 Å². The molecule has 0 radical (unpaired) electrons. The van der Waals surface area contributed by atoms with E-state index in [0.717, 1.165) is 11.8 Å².